The van der Waals surface area contributed by atoms with E-state index in [1.165, 1.54) is 35.2 Å². The maximum atomic E-state index is 14.0. The second-order valence-corrected chi connectivity index (χ2v) is 13.4. The van der Waals surface area contributed by atoms with Gasteiger partial charge in [0.1, 0.15) is 12.6 Å². The molecule has 1 N–H and O–H groups in total. The summed E-state index contributed by atoms with van der Waals surface area (Å²) in [5.41, 5.74) is 0.397. The van der Waals surface area contributed by atoms with E-state index in [2.05, 4.69) is 5.32 Å². The molecule has 0 aromatic heterocycles. The van der Waals surface area contributed by atoms with Gasteiger partial charge in [-0.2, -0.15) is 0 Å². The van der Waals surface area contributed by atoms with Crippen molar-refractivity contribution in [1.29, 1.82) is 0 Å². The lowest BCUT2D eigenvalue weighted by molar-refractivity contribution is -0.141. The Hall–Kier alpha value is -2.78. The number of amides is 2. The van der Waals surface area contributed by atoms with Gasteiger partial charge < -0.3 is 10.2 Å². The molecule has 3 rings (SSSR count). The first-order valence-electron chi connectivity index (χ1n) is 12.6. The molecule has 11 heteroatoms. The predicted molar refractivity (Wildman–Crippen MR) is 161 cm³/mol. The number of nitrogens with zero attached hydrogens (tertiary/aromatic N) is 2. The molecule has 0 aliphatic rings. The standard InChI is InChI=1S/C29H32Cl3N3O4S/c1-5-26(28(37)33-29(2,3)4)34(18-20-9-11-21(30)12-10-20)27(36)19-35(24-8-6-7-23(32)17-24)40(38,39)25-15-13-22(31)14-16-25/h6-17,26H,5,18-19H2,1-4H3,(H,33,37)/t26-/m1/s1. The van der Waals surface area contributed by atoms with Gasteiger partial charge in [0, 0.05) is 27.2 Å². The highest BCUT2D eigenvalue weighted by atomic mass is 35.5. The molecule has 0 bridgehead atoms. The summed E-state index contributed by atoms with van der Waals surface area (Å²) in [7, 11) is -4.23. The van der Waals surface area contributed by atoms with Crippen LogP contribution in [0.25, 0.3) is 0 Å². The largest absolute Gasteiger partial charge is 0.350 e. The minimum absolute atomic E-state index is 0.0496. The number of benzene rings is 3. The van der Waals surface area contributed by atoms with E-state index in [9.17, 15) is 18.0 Å². The van der Waals surface area contributed by atoms with Gasteiger partial charge >= 0.3 is 0 Å². The van der Waals surface area contributed by atoms with Crippen LogP contribution in [0.2, 0.25) is 15.1 Å². The number of halogens is 3. The Morgan fingerprint density at radius 1 is 0.875 bits per heavy atom. The molecule has 3 aromatic rings. The van der Waals surface area contributed by atoms with Crippen molar-refractivity contribution in [2.24, 2.45) is 0 Å². The van der Waals surface area contributed by atoms with Crippen molar-refractivity contribution < 1.29 is 18.0 Å². The molecular weight excluding hydrogens is 593 g/mol. The molecule has 214 valence electrons. The first kappa shape index (κ1) is 31.7. The Kier molecular flexibility index (Phi) is 10.5. The zero-order valence-electron chi connectivity index (χ0n) is 22.7. The van der Waals surface area contributed by atoms with Crippen molar-refractivity contribution in [3.8, 4) is 0 Å². The third-order valence-electron chi connectivity index (χ3n) is 5.93. The second-order valence-electron chi connectivity index (χ2n) is 10.3. The number of nitrogens with one attached hydrogen (secondary N) is 1. The molecule has 0 heterocycles. The highest BCUT2D eigenvalue weighted by Crippen LogP contribution is 2.28. The number of rotatable bonds is 10. The van der Waals surface area contributed by atoms with Crippen LogP contribution in [-0.4, -0.2) is 43.3 Å². The fraction of sp³-hybridized carbons (Fsp3) is 0.310. The maximum Gasteiger partial charge on any atom is 0.264 e. The summed E-state index contributed by atoms with van der Waals surface area (Å²) in [4.78, 5) is 28.7. The lowest BCUT2D eigenvalue weighted by Gasteiger charge is -2.34. The second kappa shape index (κ2) is 13.3. The molecule has 40 heavy (non-hydrogen) atoms. The molecule has 0 spiro atoms. The van der Waals surface area contributed by atoms with Crippen LogP contribution in [0.5, 0.6) is 0 Å². The summed E-state index contributed by atoms with van der Waals surface area (Å²) in [5.74, 6) is -0.907. The molecule has 3 aromatic carbocycles. The monoisotopic (exact) mass is 623 g/mol. The van der Waals surface area contributed by atoms with Crippen LogP contribution in [0, 0.1) is 0 Å². The van der Waals surface area contributed by atoms with Crippen molar-refractivity contribution in [2.75, 3.05) is 10.8 Å². The van der Waals surface area contributed by atoms with E-state index in [0.717, 1.165) is 9.87 Å². The quantitative estimate of drug-likeness (QED) is 0.277. The summed E-state index contributed by atoms with van der Waals surface area (Å²) in [5, 5.41) is 4.14. The van der Waals surface area contributed by atoms with Crippen molar-refractivity contribution >= 4 is 62.3 Å². The average molecular weight is 625 g/mol. The van der Waals surface area contributed by atoms with E-state index >= 15 is 0 Å². The lowest BCUT2D eigenvalue weighted by atomic mass is 10.1. The smallest absolute Gasteiger partial charge is 0.264 e. The SMILES string of the molecule is CC[C@H](C(=O)NC(C)(C)C)N(Cc1ccc(Cl)cc1)C(=O)CN(c1cccc(Cl)c1)S(=O)(=O)c1ccc(Cl)cc1. The van der Waals surface area contributed by atoms with Crippen LogP contribution < -0.4 is 9.62 Å². The third-order valence-corrected chi connectivity index (χ3v) is 8.45. The predicted octanol–water partition coefficient (Wildman–Crippen LogP) is 6.56. The highest BCUT2D eigenvalue weighted by molar-refractivity contribution is 7.92. The van der Waals surface area contributed by atoms with Crippen LogP contribution in [0.3, 0.4) is 0 Å². The molecule has 7 nitrogen and oxygen atoms in total. The fourth-order valence-electron chi connectivity index (χ4n) is 4.05. The van der Waals surface area contributed by atoms with E-state index in [1.54, 1.807) is 49.4 Å². The van der Waals surface area contributed by atoms with E-state index in [4.69, 9.17) is 34.8 Å². The molecule has 0 fully saturated rings. The summed E-state index contributed by atoms with van der Waals surface area (Å²) < 4.78 is 28.7. The number of anilines is 1. The summed E-state index contributed by atoms with van der Waals surface area (Å²) in [6.07, 6.45) is 0.308. The summed E-state index contributed by atoms with van der Waals surface area (Å²) in [6.45, 7) is 6.84. The van der Waals surface area contributed by atoms with Gasteiger partial charge in [-0.1, -0.05) is 59.9 Å². The van der Waals surface area contributed by atoms with E-state index in [1.807, 2.05) is 20.8 Å². The topological polar surface area (TPSA) is 86.8 Å². The molecule has 0 radical (unpaired) electrons. The van der Waals surface area contributed by atoms with Gasteiger partial charge in [-0.15, -0.1) is 0 Å². The van der Waals surface area contributed by atoms with Gasteiger partial charge in [-0.25, -0.2) is 8.42 Å². The molecule has 1 atom stereocenters. The maximum absolute atomic E-state index is 14.0. The Labute approximate surface area is 251 Å². The normalized spacial score (nSPS) is 12.5. The van der Waals surface area contributed by atoms with Gasteiger partial charge in [-0.3, -0.25) is 13.9 Å². The first-order chi connectivity index (χ1) is 18.7. The Morgan fingerprint density at radius 2 is 1.45 bits per heavy atom. The summed E-state index contributed by atoms with van der Waals surface area (Å²) in [6, 6.07) is 17.9. The zero-order valence-corrected chi connectivity index (χ0v) is 25.8. The third kappa shape index (κ3) is 8.36. The molecule has 2 amide bonds. The van der Waals surface area contributed by atoms with Gasteiger partial charge in [0.15, 0.2) is 0 Å². The molecule has 0 saturated heterocycles. The minimum atomic E-state index is -4.23. The summed E-state index contributed by atoms with van der Waals surface area (Å²) >= 11 is 18.2. The fourth-order valence-corrected chi connectivity index (χ4v) is 5.90. The van der Waals surface area contributed by atoms with Crippen molar-refractivity contribution in [1.82, 2.24) is 10.2 Å². The number of hydrogen-bond acceptors (Lipinski definition) is 4. The van der Waals surface area contributed by atoms with Gasteiger partial charge in [0.2, 0.25) is 11.8 Å². The Morgan fingerprint density at radius 3 is 1.98 bits per heavy atom. The van der Waals surface area contributed by atoms with E-state index in [0.29, 0.717) is 21.5 Å². The van der Waals surface area contributed by atoms with Crippen LogP contribution >= 0.6 is 34.8 Å². The zero-order chi connectivity index (χ0) is 29.7. The van der Waals surface area contributed by atoms with Gasteiger partial charge in [0.05, 0.1) is 10.6 Å². The molecular formula is C29H32Cl3N3O4S. The molecule has 0 saturated carbocycles. The average Bonchev–Trinajstić information content (AvgIpc) is 2.87. The first-order valence-corrected chi connectivity index (χ1v) is 15.2. The van der Waals surface area contributed by atoms with Crippen LogP contribution in [0.1, 0.15) is 39.7 Å². The molecule has 0 aliphatic heterocycles. The van der Waals surface area contributed by atoms with Crippen molar-refractivity contribution in [3.05, 3.63) is 93.4 Å². The number of hydrogen-bond donors (Lipinski definition) is 1. The highest BCUT2D eigenvalue weighted by Gasteiger charge is 2.34. The van der Waals surface area contributed by atoms with Crippen LogP contribution in [0.15, 0.2) is 77.7 Å². The van der Waals surface area contributed by atoms with Gasteiger partial charge in [0.25, 0.3) is 10.0 Å². The number of carbonyl (C=O) groups is 2. The van der Waals surface area contributed by atoms with Crippen LogP contribution in [-0.2, 0) is 26.2 Å². The number of carbonyl (C=O) groups excluding carboxylic acids is 2. The minimum Gasteiger partial charge on any atom is -0.350 e. The Bertz CT molecular complexity index is 1440. The number of sulfonamides is 1. The molecule has 0 aliphatic carbocycles. The van der Waals surface area contributed by atoms with Gasteiger partial charge in [-0.05, 0) is 87.4 Å². The van der Waals surface area contributed by atoms with Crippen molar-refractivity contribution in [3.63, 3.8) is 0 Å². The van der Waals surface area contributed by atoms with E-state index in [-0.39, 0.29) is 23.0 Å². The Balaban J connectivity index is 2.07. The molecule has 0 unspecified atom stereocenters. The van der Waals surface area contributed by atoms with E-state index < -0.39 is 34.1 Å². The van der Waals surface area contributed by atoms with Crippen molar-refractivity contribution in [2.45, 2.75) is 57.1 Å². The lowest BCUT2D eigenvalue weighted by Crippen LogP contribution is -2.55. The van der Waals surface area contributed by atoms with Crippen LogP contribution in [0.4, 0.5) is 5.69 Å².